The molecule has 0 amide bonds. The number of hydrogen-bond donors (Lipinski definition) is 0. The van der Waals surface area contributed by atoms with Gasteiger partial charge in [-0.25, -0.2) is 0 Å². The van der Waals surface area contributed by atoms with E-state index < -0.39 is 0 Å². The molecule has 1 aromatic heterocycles. The summed E-state index contributed by atoms with van der Waals surface area (Å²) in [6.45, 7) is 2.80. The summed E-state index contributed by atoms with van der Waals surface area (Å²) in [7, 11) is 0. The largest absolute Gasteiger partial charge is 0.489 e. The van der Waals surface area contributed by atoms with Gasteiger partial charge < -0.3 is 4.74 Å². The molecule has 2 heteroatoms. The van der Waals surface area contributed by atoms with Crippen LogP contribution in [-0.2, 0) is 0 Å². The van der Waals surface area contributed by atoms with Gasteiger partial charge in [0, 0.05) is 12.4 Å². The van der Waals surface area contributed by atoms with Crippen molar-refractivity contribution in [3.05, 3.63) is 36.7 Å². The molecule has 0 aromatic carbocycles. The minimum absolute atomic E-state index is 0.643. The van der Waals surface area contributed by atoms with Crippen molar-refractivity contribution < 1.29 is 4.74 Å². The molecule has 2 nitrogen and oxygen atoms in total. The Morgan fingerprint density at radius 3 is 2.77 bits per heavy atom. The third kappa shape index (κ3) is 4.31. The molecule has 1 heterocycles. The maximum absolute atomic E-state index is 5.43. The first-order chi connectivity index (χ1) is 6.43. The lowest BCUT2D eigenvalue weighted by Crippen LogP contribution is -1.92. The van der Waals surface area contributed by atoms with E-state index in [1.807, 2.05) is 18.2 Å². The SMILES string of the molecule is CCC/C=C/COc1ccncc1. The van der Waals surface area contributed by atoms with Gasteiger partial charge >= 0.3 is 0 Å². The number of ether oxygens (including phenoxy) is 1. The summed E-state index contributed by atoms with van der Waals surface area (Å²) in [5, 5.41) is 0. The number of nitrogens with zero attached hydrogens (tertiary/aromatic N) is 1. The quantitative estimate of drug-likeness (QED) is 0.645. The minimum atomic E-state index is 0.643. The van der Waals surface area contributed by atoms with Crippen LogP contribution in [0, 0.1) is 0 Å². The molecule has 0 radical (unpaired) electrons. The van der Waals surface area contributed by atoms with E-state index in [0.29, 0.717) is 6.61 Å². The molecule has 1 aromatic rings. The number of unbranched alkanes of at least 4 members (excludes halogenated alkanes) is 1. The molecule has 0 saturated carbocycles. The van der Waals surface area contributed by atoms with Crippen LogP contribution in [0.25, 0.3) is 0 Å². The van der Waals surface area contributed by atoms with Gasteiger partial charge in [-0.2, -0.15) is 0 Å². The summed E-state index contributed by atoms with van der Waals surface area (Å²) in [6, 6.07) is 3.71. The van der Waals surface area contributed by atoms with E-state index in [4.69, 9.17) is 4.74 Å². The van der Waals surface area contributed by atoms with Crippen molar-refractivity contribution in [2.45, 2.75) is 19.8 Å². The van der Waals surface area contributed by atoms with E-state index in [2.05, 4.69) is 18.0 Å². The van der Waals surface area contributed by atoms with E-state index in [0.717, 1.165) is 12.2 Å². The van der Waals surface area contributed by atoms with Gasteiger partial charge in [0.2, 0.25) is 0 Å². The van der Waals surface area contributed by atoms with Crippen LogP contribution in [0.3, 0.4) is 0 Å². The summed E-state index contributed by atoms with van der Waals surface area (Å²) < 4.78 is 5.43. The van der Waals surface area contributed by atoms with Crippen LogP contribution in [0.1, 0.15) is 19.8 Å². The van der Waals surface area contributed by atoms with Crippen molar-refractivity contribution in [1.29, 1.82) is 0 Å². The van der Waals surface area contributed by atoms with Crippen LogP contribution >= 0.6 is 0 Å². The van der Waals surface area contributed by atoms with Gasteiger partial charge in [0.15, 0.2) is 0 Å². The number of allylic oxidation sites excluding steroid dienone is 1. The monoisotopic (exact) mass is 177 g/mol. The lowest BCUT2D eigenvalue weighted by Gasteiger charge is -2.00. The van der Waals surface area contributed by atoms with Crippen molar-refractivity contribution in [2.24, 2.45) is 0 Å². The van der Waals surface area contributed by atoms with E-state index in [1.165, 1.54) is 6.42 Å². The maximum atomic E-state index is 5.43. The van der Waals surface area contributed by atoms with Crippen LogP contribution in [-0.4, -0.2) is 11.6 Å². The first-order valence-electron chi connectivity index (χ1n) is 4.61. The van der Waals surface area contributed by atoms with Gasteiger partial charge in [-0.3, -0.25) is 4.98 Å². The van der Waals surface area contributed by atoms with E-state index in [1.54, 1.807) is 12.4 Å². The Hall–Kier alpha value is -1.31. The number of aromatic nitrogens is 1. The fourth-order valence-corrected chi connectivity index (χ4v) is 0.931. The molecule has 0 N–H and O–H groups in total. The molecule has 0 aliphatic carbocycles. The lowest BCUT2D eigenvalue weighted by atomic mass is 10.3. The molecule has 0 fully saturated rings. The van der Waals surface area contributed by atoms with Gasteiger partial charge in [-0.15, -0.1) is 0 Å². The fourth-order valence-electron chi connectivity index (χ4n) is 0.931. The van der Waals surface area contributed by atoms with E-state index >= 15 is 0 Å². The van der Waals surface area contributed by atoms with Gasteiger partial charge in [-0.05, 0) is 18.6 Å². The van der Waals surface area contributed by atoms with Gasteiger partial charge in [0.1, 0.15) is 12.4 Å². The lowest BCUT2D eigenvalue weighted by molar-refractivity contribution is 0.362. The normalized spacial score (nSPS) is 10.5. The highest BCUT2D eigenvalue weighted by Gasteiger charge is 1.86. The average Bonchev–Trinajstić information content (AvgIpc) is 2.19. The highest BCUT2D eigenvalue weighted by Crippen LogP contribution is 2.06. The summed E-state index contributed by atoms with van der Waals surface area (Å²) in [5.41, 5.74) is 0. The average molecular weight is 177 g/mol. The molecular weight excluding hydrogens is 162 g/mol. The summed E-state index contributed by atoms with van der Waals surface area (Å²) >= 11 is 0. The molecule has 13 heavy (non-hydrogen) atoms. The van der Waals surface area contributed by atoms with Gasteiger partial charge in [0.25, 0.3) is 0 Å². The highest BCUT2D eigenvalue weighted by atomic mass is 16.5. The number of pyridine rings is 1. The van der Waals surface area contributed by atoms with E-state index in [9.17, 15) is 0 Å². The third-order valence-electron chi connectivity index (χ3n) is 1.62. The predicted molar refractivity (Wildman–Crippen MR) is 53.8 cm³/mol. The third-order valence-corrected chi connectivity index (χ3v) is 1.62. The zero-order valence-corrected chi connectivity index (χ0v) is 7.94. The first-order valence-corrected chi connectivity index (χ1v) is 4.61. The zero-order chi connectivity index (χ0) is 9.36. The Morgan fingerprint density at radius 2 is 2.08 bits per heavy atom. The minimum Gasteiger partial charge on any atom is -0.489 e. The van der Waals surface area contributed by atoms with Crippen LogP contribution in [0.4, 0.5) is 0 Å². The highest BCUT2D eigenvalue weighted by molar-refractivity contribution is 5.16. The topological polar surface area (TPSA) is 22.1 Å². The molecule has 0 unspecified atom stereocenters. The Kier molecular flexibility index (Phi) is 4.69. The molecule has 0 bridgehead atoms. The summed E-state index contributed by atoms with van der Waals surface area (Å²) in [5.74, 6) is 0.871. The van der Waals surface area contributed by atoms with Crippen LogP contribution < -0.4 is 4.74 Å². The second kappa shape index (κ2) is 6.23. The van der Waals surface area contributed by atoms with Crippen molar-refractivity contribution >= 4 is 0 Å². The van der Waals surface area contributed by atoms with E-state index in [-0.39, 0.29) is 0 Å². The van der Waals surface area contributed by atoms with Crippen molar-refractivity contribution in [3.8, 4) is 5.75 Å². The standard InChI is InChI=1S/C11H15NO/c1-2-3-4-5-10-13-11-6-8-12-9-7-11/h4-9H,2-3,10H2,1H3/b5-4+. The van der Waals surface area contributed by atoms with Crippen LogP contribution in [0.15, 0.2) is 36.7 Å². The molecule has 70 valence electrons. The Balaban J connectivity index is 2.20. The molecule has 0 aliphatic heterocycles. The molecule has 0 aliphatic rings. The Bertz CT molecular complexity index is 244. The van der Waals surface area contributed by atoms with Crippen molar-refractivity contribution in [1.82, 2.24) is 4.98 Å². The fraction of sp³-hybridized carbons (Fsp3) is 0.364. The number of rotatable bonds is 5. The smallest absolute Gasteiger partial charge is 0.122 e. The summed E-state index contributed by atoms with van der Waals surface area (Å²) in [6.07, 6.45) is 9.95. The van der Waals surface area contributed by atoms with Gasteiger partial charge in [0.05, 0.1) is 0 Å². The molecule has 1 rings (SSSR count). The zero-order valence-electron chi connectivity index (χ0n) is 7.94. The molecule has 0 spiro atoms. The van der Waals surface area contributed by atoms with Crippen LogP contribution in [0.2, 0.25) is 0 Å². The Morgan fingerprint density at radius 1 is 1.31 bits per heavy atom. The van der Waals surface area contributed by atoms with Crippen LogP contribution in [0.5, 0.6) is 5.75 Å². The molecular formula is C11H15NO. The van der Waals surface area contributed by atoms with Crippen molar-refractivity contribution in [3.63, 3.8) is 0 Å². The second-order valence-corrected chi connectivity index (χ2v) is 2.75. The van der Waals surface area contributed by atoms with Gasteiger partial charge in [-0.1, -0.05) is 25.5 Å². The Labute approximate surface area is 79.3 Å². The first kappa shape index (κ1) is 9.78. The molecule has 0 saturated heterocycles. The second-order valence-electron chi connectivity index (χ2n) is 2.75. The molecule has 0 atom stereocenters. The number of hydrogen-bond acceptors (Lipinski definition) is 2. The summed E-state index contributed by atoms with van der Waals surface area (Å²) in [4.78, 5) is 3.91. The predicted octanol–water partition coefficient (Wildman–Crippen LogP) is 2.82. The van der Waals surface area contributed by atoms with Crippen molar-refractivity contribution in [2.75, 3.05) is 6.61 Å². The maximum Gasteiger partial charge on any atom is 0.122 e.